The van der Waals surface area contributed by atoms with Crippen molar-refractivity contribution in [3.8, 4) is 11.1 Å². The van der Waals surface area contributed by atoms with Gasteiger partial charge in [-0.25, -0.2) is 4.98 Å². The molecule has 3 aromatic heterocycles. The molecule has 5 aromatic rings. The van der Waals surface area contributed by atoms with E-state index in [4.69, 9.17) is 9.40 Å². The molecule has 0 aliphatic carbocycles. The molecule has 5 heteroatoms. The van der Waals surface area contributed by atoms with Crippen LogP contribution >= 0.6 is 0 Å². The molecule has 2 N–H and O–H groups in total. The molecule has 26 heavy (non-hydrogen) atoms. The highest BCUT2D eigenvalue weighted by Crippen LogP contribution is 2.38. The highest BCUT2D eigenvalue weighted by atomic mass is 16.3. The molecular weight excluding hydrogens is 326 g/mol. The van der Waals surface area contributed by atoms with E-state index in [1.165, 1.54) is 11.6 Å². The maximum Gasteiger partial charge on any atom is 0.182 e. The number of nitrogens with one attached hydrogen (secondary N) is 2. The number of hydrogen-bond donors (Lipinski definition) is 2. The Bertz CT molecular complexity index is 1320. The van der Waals surface area contributed by atoms with Crippen LogP contribution in [0.3, 0.4) is 0 Å². The van der Waals surface area contributed by atoms with Crippen molar-refractivity contribution < 1.29 is 4.42 Å². The zero-order valence-electron chi connectivity index (χ0n) is 14.5. The molecule has 0 atom stereocenters. The fourth-order valence-electron chi connectivity index (χ4n) is 3.49. The third-order valence-electron chi connectivity index (χ3n) is 4.88. The van der Waals surface area contributed by atoms with E-state index in [0.29, 0.717) is 17.1 Å². The van der Waals surface area contributed by atoms with Crippen molar-refractivity contribution in [1.82, 2.24) is 15.2 Å². The van der Waals surface area contributed by atoms with Crippen LogP contribution < -0.4 is 5.43 Å². The molecule has 0 amide bonds. The van der Waals surface area contributed by atoms with Crippen LogP contribution in [0.1, 0.15) is 25.3 Å². The average molecular weight is 343 g/mol. The van der Waals surface area contributed by atoms with Gasteiger partial charge in [0.2, 0.25) is 0 Å². The minimum atomic E-state index is -0.0710. The normalized spacial score (nSPS) is 12.0. The Hall–Kier alpha value is -3.34. The van der Waals surface area contributed by atoms with Crippen LogP contribution in [-0.4, -0.2) is 15.2 Å². The van der Waals surface area contributed by atoms with E-state index in [-0.39, 0.29) is 5.43 Å². The van der Waals surface area contributed by atoms with Gasteiger partial charge in [-0.1, -0.05) is 38.1 Å². The standard InChI is InChI=1S/C21H17N3O2/c1-11(2)12-3-5-13(6-4-12)18-16-10-22-24-21(16)23-19-15-8-7-14(25)9-17(15)26-20(18)19/h3-11H,1-2H3,(H2,22,23,24). The van der Waals surface area contributed by atoms with Crippen LogP contribution in [0.5, 0.6) is 0 Å². The number of pyridine rings is 1. The lowest BCUT2D eigenvalue weighted by atomic mass is 9.97. The van der Waals surface area contributed by atoms with Crippen molar-refractivity contribution in [2.45, 2.75) is 19.8 Å². The summed E-state index contributed by atoms with van der Waals surface area (Å²) in [5.74, 6) is 0.476. The summed E-state index contributed by atoms with van der Waals surface area (Å²) in [6.45, 7) is 4.36. The molecule has 0 aliphatic rings. The quantitative estimate of drug-likeness (QED) is 0.477. The lowest BCUT2D eigenvalue weighted by Crippen LogP contribution is -1.92. The monoisotopic (exact) mass is 343 g/mol. The van der Waals surface area contributed by atoms with Gasteiger partial charge >= 0.3 is 0 Å². The third kappa shape index (κ3) is 2.10. The predicted octanol–water partition coefficient (Wildman–Crippen LogP) is 4.94. The van der Waals surface area contributed by atoms with Crippen molar-refractivity contribution in [2.75, 3.05) is 0 Å². The highest BCUT2D eigenvalue weighted by molar-refractivity contribution is 6.14. The Labute approximate surface area is 148 Å². The second kappa shape index (κ2) is 5.33. The summed E-state index contributed by atoms with van der Waals surface area (Å²) >= 11 is 0. The minimum Gasteiger partial charge on any atom is -0.454 e. The number of H-pyrrole nitrogens is 2. The van der Waals surface area contributed by atoms with Gasteiger partial charge in [-0.2, -0.15) is 0 Å². The molecule has 2 aromatic carbocycles. The Kier molecular flexibility index (Phi) is 3.06. The van der Waals surface area contributed by atoms with E-state index >= 15 is 0 Å². The summed E-state index contributed by atoms with van der Waals surface area (Å²) < 4.78 is 6.08. The number of nitrogens with zero attached hydrogens (tertiary/aromatic N) is 1. The SMILES string of the molecule is CC(C)c1ccc(-c2c3c[nH][nH]c3nc3c2oc2cc(=O)ccc23)cc1. The first-order chi connectivity index (χ1) is 12.6. The van der Waals surface area contributed by atoms with E-state index in [2.05, 4.69) is 48.3 Å². The predicted molar refractivity (Wildman–Crippen MR) is 104 cm³/mol. The van der Waals surface area contributed by atoms with Gasteiger partial charge in [0, 0.05) is 28.6 Å². The van der Waals surface area contributed by atoms with Crippen molar-refractivity contribution in [3.05, 3.63) is 64.4 Å². The van der Waals surface area contributed by atoms with Gasteiger partial charge in [0.25, 0.3) is 0 Å². The molecule has 5 rings (SSSR count). The minimum absolute atomic E-state index is 0.0710. The molecular formula is C21H17N3O2. The molecule has 0 spiro atoms. The van der Waals surface area contributed by atoms with Crippen molar-refractivity contribution in [2.24, 2.45) is 0 Å². The first-order valence-corrected chi connectivity index (χ1v) is 8.64. The Morgan fingerprint density at radius 2 is 1.85 bits per heavy atom. The largest absolute Gasteiger partial charge is 0.454 e. The fraction of sp³-hybridized carbons (Fsp3) is 0.143. The van der Waals surface area contributed by atoms with Crippen LogP contribution in [0, 0.1) is 0 Å². The Morgan fingerprint density at radius 3 is 2.62 bits per heavy atom. The van der Waals surface area contributed by atoms with Crippen molar-refractivity contribution in [3.63, 3.8) is 0 Å². The van der Waals surface area contributed by atoms with Crippen LogP contribution in [0.25, 0.3) is 44.2 Å². The summed E-state index contributed by atoms with van der Waals surface area (Å²) in [7, 11) is 0. The summed E-state index contributed by atoms with van der Waals surface area (Å²) in [6, 6.07) is 13.4. The van der Waals surface area contributed by atoms with Gasteiger partial charge < -0.3 is 9.52 Å². The lowest BCUT2D eigenvalue weighted by Gasteiger charge is -2.08. The molecule has 0 saturated heterocycles. The van der Waals surface area contributed by atoms with Crippen LogP contribution in [0.2, 0.25) is 0 Å². The molecule has 0 bridgehead atoms. The Balaban J connectivity index is 1.90. The number of furan rings is 1. The maximum atomic E-state index is 11.7. The molecule has 5 nitrogen and oxygen atoms in total. The summed E-state index contributed by atoms with van der Waals surface area (Å²) in [5.41, 5.74) is 6.03. The topological polar surface area (TPSA) is 74.7 Å². The van der Waals surface area contributed by atoms with Gasteiger partial charge in [-0.15, -0.1) is 0 Å². The first kappa shape index (κ1) is 15.0. The molecule has 3 heterocycles. The number of hydrogen-bond acceptors (Lipinski definition) is 3. The molecule has 0 aliphatic heterocycles. The van der Waals surface area contributed by atoms with Crippen molar-refractivity contribution >= 4 is 33.1 Å². The zero-order valence-corrected chi connectivity index (χ0v) is 14.5. The Morgan fingerprint density at radius 1 is 1.04 bits per heavy atom. The highest BCUT2D eigenvalue weighted by Gasteiger charge is 2.18. The average Bonchev–Trinajstić information content (AvgIpc) is 3.23. The number of benzene rings is 2. The van der Waals surface area contributed by atoms with Crippen LogP contribution in [0.15, 0.2) is 57.9 Å². The second-order valence-electron chi connectivity index (χ2n) is 6.88. The fourth-order valence-corrected chi connectivity index (χ4v) is 3.49. The van der Waals surface area contributed by atoms with Gasteiger partial charge in [0.15, 0.2) is 16.7 Å². The zero-order chi connectivity index (χ0) is 17.8. The number of rotatable bonds is 2. The van der Waals surface area contributed by atoms with Gasteiger partial charge in [0.05, 0.1) is 0 Å². The third-order valence-corrected chi connectivity index (χ3v) is 4.88. The van der Waals surface area contributed by atoms with Crippen LogP contribution in [-0.2, 0) is 0 Å². The van der Waals surface area contributed by atoms with E-state index in [9.17, 15) is 4.79 Å². The van der Waals surface area contributed by atoms with E-state index in [0.717, 1.165) is 33.1 Å². The molecule has 0 fully saturated rings. The molecule has 0 radical (unpaired) electrons. The number of fused-ring (bicyclic) bond motifs is 4. The van der Waals surface area contributed by atoms with Gasteiger partial charge in [-0.05, 0) is 29.2 Å². The molecule has 0 unspecified atom stereocenters. The van der Waals surface area contributed by atoms with E-state index < -0.39 is 0 Å². The van der Waals surface area contributed by atoms with E-state index in [1.54, 1.807) is 12.1 Å². The summed E-state index contributed by atoms with van der Waals surface area (Å²) in [4.78, 5) is 16.4. The van der Waals surface area contributed by atoms with Crippen molar-refractivity contribution in [1.29, 1.82) is 0 Å². The maximum absolute atomic E-state index is 11.7. The molecule has 0 saturated carbocycles. The van der Waals surface area contributed by atoms with E-state index in [1.807, 2.05) is 6.20 Å². The number of aromatic amines is 2. The van der Waals surface area contributed by atoms with Crippen LogP contribution in [0.4, 0.5) is 0 Å². The molecule has 128 valence electrons. The smallest absolute Gasteiger partial charge is 0.182 e. The summed E-state index contributed by atoms with van der Waals surface area (Å²) in [5, 5.41) is 7.90. The lowest BCUT2D eigenvalue weighted by molar-refractivity contribution is 0.669. The van der Waals surface area contributed by atoms with Gasteiger partial charge in [-0.3, -0.25) is 9.89 Å². The number of aromatic nitrogens is 3. The first-order valence-electron chi connectivity index (χ1n) is 8.64. The summed E-state index contributed by atoms with van der Waals surface area (Å²) in [6.07, 6.45) is 1.89. The second-order valence-corrected chi connectivity index (χ2v) is 6.88. The van der Waals surface area contributed by atoms with Gasteiger partial charge in [0.1, 0.15) is 11.1 Å².